The molecular formula is C21H28N2O. The fourth-order valence-corrected chi connectivity index (χ4v) is 4.27. The second kappa shape index (κ2) is 6.72. The number of hydrogen-bond donors (Lipinski definition) is 0. The number of aryl methyl sites for hydroxylation is 1. The van der Waals surface area contributed by atoms with Crippen molar-refractivity contribution in [3.05, 3.63) is 41.5 Å². The summed E-state index contributed by atoms with van der Waals surface area (Å²) in [6, 6.07) is 8.51. The number of fused-ring (bicyclic) bond motifs is 1. The molecule has 1 aliphatic carbocycles. The minimum Gasteiger partial charge on any atom is -0.342 e. The maximum atomic E-state index is 12.5. The van der Waals surface area contributed by atoms with Gasteiger partial charge in [0.2, 0.25) is 5.91 Å². The van der Waals surface area contributed by atoms with E-state index in [1.807, 2.05) is 0 Å². The molecule has 3 fully saturated rings. The van der Waals surface area contributed by atoms with E-state index in [0.717, 1.165) is 50.9 Å². The molecule has 3 aliphatic rings. The molecule has 0 bridgehead atoms. The molecular weight excluding hydrogens is 296 g/mol. The van der Waals surface area contributed by atoms with E-state index in [1.54, 1.807) is 0 Å². The minimum atomic E-state index is 0.345. The molecule has 3 nitrogen and oxygen atoms in total. The third-order valence-electron chi connectivity index (χ3n) is 6.04. The molecule has 128 valence electrons. The molecule has 2 saturated heterocycles. The monoisotopic (exact) mass is 324 g/mol. The van der Waals surface area contributed by atoms with Gasteiger partial charge in [-0.25, -0.2) is 0 Å². The van der Waals surface area contributed by atoms with Crippen molar-refractivity contribution in [3.8, 4) is 0 Å². The molecule has 24 heavy (non-hydrogen) atoms. The van der Waals surface area contributed by atoms with Gasteiger partial charge in [-0.2, -0.15) is 0 Å². The Morgan fingerprint density at radius 3 is 2.58 bits per heavy atom. The number of allylic oxidation sites excluding steroid dienone is 1. The number of piperidine rings is 2. The van der Waals surface area contributed by atoms with Gasteiger partial charge in [0, 0.05) is 26.2 Å². The first-order valence-corrected chi connectivity index (χ1v) is 9.43. The van der Waals surface area contributed by atoms with E-state index < -0.39 is 0 Å². The van der Waals surface area contributed by atoms with Crippen LogP contribution in [0, 0.1) is 24.7 Å². The van der Waals surface area contributed by atoms with Crippen LogP contribution in [0.15, 0.2) is 30.3 Å². The summed E-state index contributed by atoms with van der Waals surface area (Å²) < 4.78 is 0. The quantitative estimate of drug-likeness (QED) is 0.849. The summed E-state index contributed by atoms with van der Waals surface area (Å²) in [4.78, 5) is 16.9. The molecule has 0 radical (unpaired) electrons. The van der Waals surface area contributed by atoms with Crippen LogP contribution in [0.5, 0.6) is 0 Å². The second-order valence-corrected chi connectivity index (χ2v) is 7.88. The summed E-state index contributed by atoms with van der Waals surface area (Å²) in [6.45, 7) is 6.96. The Labute approximate surface area is 145 Å². The number of likely N-dealkylation sites (tertiary alicyclic amines) is 2. The van der Waals surface area contributed by atoms with Gasteiger partial charge < -0.3 is 4.90 Å². The minimum absolute atomic E-state index is 0.345. The highest BCUT2D eigenvalue weighted by Gasteiger charge is 2.45. The van der Waals surface area contributed by atoms with Crippen LogP contribution in [0.25, 0.3) is 6.08 Å². The van der Waals surface area contributed by atoms with Gasteiger partial charge >= 0.3 is 0 Å². The number of hydrogen-bond acceptors (Lipinski definition) is 2. The van der Waals surface area contributed by atoms with Gasteiger partial charge in [-0.05, 0) is 55.1 Å². The predicted octanol–water partition coefficient (Wildman–Crippen LogP) is 3.20. The maximum Gasteiger partial charge on any atom is 0.236 e. The number of nitrogens with zero attached hydrogens (tertiary/aromatic N) is 2. The fourth-order valence-electron chi connectivity index (χ4n) is 4.27. The summed E-state index contributed by atoms with van der Waals surface area (Å²) in [7, 11) is 0. The first-order chi connectivity index (χ1) is 11.7. The number of rotatable bonds is 4. The van der Waals surface area contributed by atoms with E-state index in [9.17, 15) is 4.79 Å². The summed E-state index contributed by atoms with van der Waals surface area (Å²) >= 11 is 0. The van der Waals surface area contributed by atoms with Crippen LogP contribution in [0.4, 0.5) is 0 Å². The van der Waals surface area contributed by atoms with Gasteiger partial charge in [-0.3, -0.25) is 9.69 Å². The van der Waals surface area contributed by atoms with Gasteiger partial charge in [-0.1, -0.05) is 36.4 Å². The zero-order chi connectivity index (χ0) is 16.5. The van der Waals surface area contributed by atoms with Crippen LogP contribution < -0.4 is 0 Å². The molecule has 2 aliphatic heterocycles. The molecule has 1 saturated carbocycles. The normalized spacial score (nSPS) is 27.6. The largest absolute Gasteiger partial charge is 0.342 e. The van der Waals surface area contributed by atoms with Crippen molar-refractivity contribution in [2.75, 3.05) is 32.7 Å². The smallest absolute Gasteiger partial charge is 0.236 e. The van der Waals surface area contributed by atoms with Crippen molar-refractivity contribution >= 4 is 12.0 Å². The molecule has 4 rings (SSSR count). The Bertz CT molecular complexity index is 620. The summed E-state index contributed by atoms with van der Waals surface area (Å²) in [6.07, 6.45) is 8.20. The van der Waals surface area contributed by atoms with Gasteiger partial charge in [-0.15, -0.1) is 0 Å². The van der Waals surface area contributed by atoms with E-state index in [2.05, 4.69) is 53.1 Å². The van der Waals surface area contributed by atoms with Crippen LogP contribution in [-0.4, -0.2) is 48.4 Å². The summed E-state index contributed by atoms with van der Waals surface area (Å²) in [5, 5.41) is 0. The fraction of sp³-hybridized carbons (Fsp3) is 0.571. The molecule has 1 amide bonds. The number of benzene rings is 1. The molecule has 2 heterocycles. The lowest BCUT2D eigenvalue weighted by molar-refractivity contribution is -0.133. The highest BCUT2D eigenvalue weighted by molar-refractivity contribution is 5.78. The third kappa shape index (κ3) is 3.56. The van der Waals surface area contributed by atoms with Crippen LogP contribution in [0.1, 0.15) is 30.4 Å². The van der Waals surface area contributed by atoms with E-state index >= 15 is 0 Å². The lowest BCUT2D eigenvalue weighted by Gasteiger charge is -2.32. The Kier molecular flexibility index (Phi) is 4.45. The third-order valence-corrected chi connectivity index (χ3v) is 6.04. The lowest BCUT2D eigenvalue weighted by Crippen LogP contribution is -2.43. The molecule has 0 spiro atoms. The topological polar surface area (TPSA) is 23.6 Å². The van der Waals surface area contributed by atoms with E-state index in [1.165, 1.54) is 17.5 Å². The Morgan fingerprint density at radius 2 is 1.88 bits per heavy atom. The van der Waals surface area contributed by atoms with Crippen molar-refractivity contribution in [2.45, 2.75) is 26.2 Å². The molecule has 3 heteroatoms. The Hall–Kier alpha value is -1.61. The van der Waals surface area contributed by atoms with Crippen molar-refractivity contribution in [2.24, 2.45) is 17.8 Å². The van der Waals surface area contributed by atoms with Gasteiger partial charge in [0.25, 0.3) is 0 Å². The van der Waals surface area contributed by atoms with E-state index in [4.69, 9.17) is 0 Å². The van der Waals surface area contributed by atoms with Crippen molar-refractivity contribution in [3.63, 3.8) is 0 Å². The van der Waals surface area contributed by atoms with Crippen LogP contribution in [0.2, 0.25) is 0 Å². The van der Waals surface area contributed by atoms with Crippen molar-refractivity contribution < 1.29 is 4.79 Å². The molecule has 2 atom stereocenters. The van der Waals surface area contributed by atoms with Crippen LogP contribution in [-0.2, 0) is 4.79 Å². The first kappa shape index (κ1) is 15.9. The molecule has 0 N–H and O–H groups in total. The van der Waals surface area contributed by atoms with E-state index in [-0.39, 0.29) is 0 Å². The average Bonchev–Trinajstić information content (AvgIpc) is 3.21. The second-order valence-electron chi connectivity index (χ2n) is 7.88. The van der Waals surface area contributed by atoms with Crippen LogP contribution >= 0.6 is 0 Å². The summed E-state index contributed by atoms with van der Waals surface area (Å²) in [5.41, 5.74) is 2.63. The molecule has 2 unspecified atom stereocenters. The van der Waals surface area contributed by atoms with E-state index in [0.29, 0.717) is 18.4 Å². The zero-order valence-corrected chi connectivity index (χ0v) is 14.7. The highest BCUT2D eigenvalue weighted by atomic mass is 16.2. The Balaban J connectivity index is 1.24. The number of carbonyl (C=O) groups excluding carboxylic acids is 1. The number of carbonyl (C=O) groups is 1. The van der Waals surface area contributed by atoms with Gasteiger partial charge in [0.1, 0.15) is 0 Å². The molecule has 1 aromatic carbocycles. The molecule has 0 aromatic heterocycles. The summed E-state index contributed by atoms with van der Waals surface area (Å²) in [5.74, 6) is 2.77. The van der Waals surface area contributed by atoms with Crippen molar-refractivity contribution in [1.82, 2.24) is 9.80 Å². The maximum absolute atomic E-state index is 12.5. The number of amides is 1. The Morgan fingerprint density at radius 1 is 1.17 bits per heavy atom. The first-order valence-electron chi connectivity index (χ1n) is 9.43. The standard InChI is InChI=1S/C21H28N2O/c1-16-4-2-3-5-18(16)7-6-17-8-10-23(11-9-17)21(24)15-22-13-19-12-20(19)14-22/h2-7,17,19-20H,8-15H2,1H3/b7-6+. The van der Waals surface area contributed by atoms with Crippen molar-refractivity contribution in [1.29, 1.82) is 0 Å². The van der Waals surface area contributed by atoms with Crippen LogP contribution in [0.3, 0.4) is 0 Å². The van der Waals surface area contributed by atoms with Gasteiger partial charge in [0.05, 0.1) is 6.54 Å². The molecule has 1 aromatic rings. The predicted molar refractivity (Wildman–Crippen MR) is 97.6 cm³/mol. The zero-order valence-electron chi connectivity index (χ0n) is 14.7. The lowest BCUT2D eigenvalue weighted by atomic mass is 9.95. The SMILES string of the molecule is Cc1ccccc1/C=C/C1CCN(C(=O)CN2CC3CC3C2)CC1. The average molecular weight is 324 g/mol. The van der Waals surface area contributed by atoms with Gasteiger partial charge in [0.15, 0.2) is 0 Å². The highest BCUT2D eigenvalue weighted by Crippen LogP contribution is 2.44.